The van der Waals surface area contributed by atoms with Crippen molar-refractivity contribution in [2.45, 2.75) is 64.2 Å². The number of nitrogens with one attached hydrogen (secondary N) is 2. The zero-order valence-corrected chi connectivity index (χ0v) is 15.4. The number of hydrogen-bond acceptors (Lipinski definition) is 4. The van der Waals surface area contributed by atoms with Crippen LogP contribution in [-0.2, 0) is 21.6 Å². The Morgan fingerprint density at radius 3 is 2.68 bits per heavy atom. The Hall–Kier alpha value is -2.08. The number of aryl methyl sites for hydroxylation is 1. The van der Waals surface area contributed by atoms with Crippen LogP contribution >= 0.6 is 0 Å². The van der Waals surface area contributed by atoms with Gasteiger partial charge in [0.05, 0.1) is 6.54 Å². The topological polar surface area (TPSA) is 87.7 Å². The third-order valence-electron chi connectivity index (χ3n) is 4.24. The highest BCUT2D eigenvalue weighted by Gasteiger charge is 2.34. The summed E-state index contributed by atoms with van der Waals surface area (Å²) in [5.41, 5.74) is 0.289. The van der Waals surface area contributed by atoms with Gasteiger partial charge in [0.1, 0.15) is 17.2 Å². The number of carbonyl (C=O) groups is 2. The molecule has 0 saturated heterocycles. The Morgan fingerprint density at radius 1 is 1.32 bits per heavy atom. The summed E-state index contributed by atoms with van der Waals surface area (Å²) < 4.78 is 5.14. The maximum absolute atomic E-state index is 12.2. The van der Waals surface area contributed by atoms with E-state index in [2.05, 4.69) is 10.6 Å². The highest BCUT2D eigenvalue weighted by Crippen LogP contribution is 2.34. The van der Waals surface area contributed by atoms with Gasteiger partial charge in [0.25, 0.3) is 0 Å². The van der Waals surface area contributed by atoms with E-state index >= 15 is 0 Å². The molecule has 0 saturated carbocycles. The SMILES string of the molecule is C[C@@H](NC(=O)OC(C)(C)C)C(=O)NC[C@]1(O)CCCc2ccccc21. The Kier molecular flexibility index (Phi) is 5.72. The van der Waals surface area contributed by atoms with Crippen molar-refractivity contribution >= 4 is 12.0 Å². The van der Waals surface area contributed by atoms with Gasteiger partial charge in [-0.15, -0.1) is 0 Å². The van der Waals surface area contributed by atoms with Gasteiger partial charge in [-0.3, -0.25) is 4.79 Å². The summed E-state index contributed by atoms with van der Waals surface area (Å²) >= 11 is 0. The van der Waals surface area contributed by atoms with E-state index < -0.39 is 23.3 Å². The van der Waals surface area contributed by atoms with E-state index in [-0.39, 0.29) is 12.5 Å². The summed E-state index contributed by atoms with van der Waals surface area (Å²) in [5, 5.41) is 16.2. The van der Waals surface area contributed by atoms with E-state index in [4.69, 9.17) is 4.74 Å². The van der Waals surface area contributed by atoms with Gasteiger partial charge in [-0.1, -0.05) is 24.3 Å². The van der Waals surface area contributed by atoms with Crippen LogP contribution in [0.4, 0.5) is 4.79 Å². The van der Waals surface area contributed by atoms with Crippen molar-refractivity contribution < 1.29 is 19.4 Å². The van der Waals surface area contributed by atoms with Gasteiger partial charge in [0.2, 0.25) is 5.91 Å². The summed E-state index contributed by atoms with van der Waals surface area (Å²) in [6.07, 6.45) is 1.76. The fourth-order valence-electron chi connectivity index (χ4n) is 3.02. The molecule has 25 heavy (non-hydrogen) atoms. The molecule has 2 rings (SSSR count). The largest absolute Gasteiger partial charge is 0.444 e. The zero-order valence-electron chi connectivity index (χ0n) is 15.4. The first-order valence-electron chi connectivity index (χ1n) is 8.69. The number of alkyl carbamates (subject to hydrolysis) is 1. The molecule has 0 unspecified atom stereocenters. The van der Waals surface area contributed by atoms with Crippen molar-refractivity contribution in [2.75, 3.05) is 6.54 Å². The number of carbonyl (C=O) groups excluding carboxylic acids is 2. The molecule has 1 aromatic rings. The fourth-order valence-corrected chi connectivity index (χ4v) is 3.02. The quantitative estimate of drug-likeness (QED) is 0.779. The van der Waals surface area contributed by atoms with Crippen LogP contribution in [0.3, 0.4) is 0 Å². The maximum Gasteiger partial charge on any atom is 0.408 e. The van der Waals surface area contributed by atoms with Crippen molar-refractivity contribution in [3.05, 3.63) is 35.4 Å². The van der Waals surface area contributed by atoms with Crippen LogP contribution in [0.1, 0.15) is 51.7 Å². The molecule has 1 aromatic carbocycles. The predicted octanol–water partition coefficient (Wildman–Crippen LogP) is 2.24. The molecule has 2 atom stereocenters. The molecular weight excluding hydrogens is 320 g/mol. The Balaban J connectivity index is 1.92. The predicted molar refractivity (Wildman–Crippen MR) is 95.1 cm³/mol. The monoisotopic (exact) mass is 348 g/mol. The number of aliphatic hydroxyl groups is 1. The standard InChI is InChI=1S/C19H28N2O4/c1-13(21-17(23)25-18(2,3)4)16(22)20-12-19(24)11-7-9-14-8-5-6-10-15(14)19/h5-6,8,10,13,24H,7,9,11-12H2,1-4H3,(H,20,22)(H,21,23)/t13-,19-/m1/s1. The summed E-state index contributed by atoms with van der Waals surface area (Å²) in [5.74, 6) is -0.359. The molecular formula is C19H28N2O4. The summed E-state index contributed by atoms with van der Waals surface area (Å²) in [6, 6.07) is 7.01. The molecule has 1 aliphatic rings. The van der Waals surface area contributed by atoms with E-state index in [0.717, 1.165) is 24.0 Å². The van der Waals surface area contributed by atoms with Crippen LogP contribution < -0.4 is 10.6 Å². The number of fused-ring (bicyclic) bond motifs is 1. The first-order chi connectivity index (χ1) is 11.6. The van der Waals surface area contributed by atoms with Crippen molar-refractivity contribution in [1.82, 2.24) is 10.6 Å². The van der Waals surface area contributed by atoms with E-state index in [1.165, 1.54) is 0 Å². The van der Waals surface area contributed by atoms with E-state index in [9.17, 15) is 14.7 Å². The van der Waals surface area contributed by atoms with Crippen molar-refractivity contribution in [2.24, 2.45) is 0 Å². The van der Waals surface area contributed by atoms with Gasteiger partial charge in [0.15, 0.2) is 0 Å². The van der Waals surface area contributed by atoms with Gasteiger partial charge in [-0.05, 0) is 58.1 Å². The number of ether oxygens (including phenoxy) is 1. The van der Waals surface area contributed by atoms with Gasteiger partial charge in [-0.2, -0.15) is 0 Å². The van der Waals surface area contributed by atoms with E-state index in [1.807, 2.05) is 24.3 Å². The second kappa shape index (κ2) is 7.44. The minimum absolute atomic E-state index is 0.114. The molecule has 1 aliphatic carbocycles. The van der Waals surface area contributed by atoms with Gasteiger partial charge < -0.3 is 20.5 Å². The van der Waals surface area contributed by atoms with Crippen LogP contribution in [0, 0.1) is 0 Å². The number of benzene rings is 1. The Bertz CT molecular complexity index is 639. The Morgan fingerprint density at radius 2 is 2.00 bits per heavy atom. The molecule has 0 radical (unpaired) electrons. The van der Waals surface area contributed by atoms with E-state index in [0.29, 0.717) is 6.42 Å². The molecule has 138 valence electrons. The molecule has 6 heteroatoms. The summed E-state index contributed by atoms with van der Waals surface area (Å²) in [6.45, 7) is 6.97. The zero-order chi connectivity index (χ0) is 18.7. The van der Waals surface area contributed by atoms with E-state index in [1.54, 1.807) is 27.7 Å². The number of rotatable bonds is 4. The maximum atomic E-state index is 12.2. The molecule has 0 bridgehead atoms. The minimum Gasteiger partial charge on any atom is -0.444 e. The highest BCUT2D eigenvalue weighted by atomic mass is 16.6. The molecule has 0 heterocycles. The van der Waals surface area contributed by atoms with Gasteiger partial charge in [0, 0.05) is 0 Å². The molecule has 0 aromatic heterocycles. The van der Waals surface area contributed by atoms with Gasteiger partial charge in [-0.25, -0.2) is 4.79 Å². The number of amides is 2. The second-order valence-corrected chi connectivity index (χ2v) is 7.63. The van der Waals surface area contributed by atoms with Crippen molar-refractivity contribution in [1.29, 1.82) is 0 Å². The van der Waals surface area contributed by atoms with Crippen molar-refractivity contribution in [3.63, 3.8) is 0 Å². The minimum atomic E-state index is -1.07. The third kappa shape index (κ3) is 5.19. The molecule has 3 N–H and O–H groups in total. The lowest BCUT2D eigenvalue weighted by molar-refractivity contribution is -0.124. The molecule has 0 aliphatic heterocycles. The van der Waals surface area contributed by atoms with Crippen LogP contribution in [0.15, 0.2) is 24.3 Å². The lowest BCUT2D eigenvalue weighted by Gasteiger charge is -2.35. The normalized spacial score (nSPS) is 21.0. The summed E-state index contributed by atoms with van der Waals surface area (Å²) in [7, 11) is 0. The lowest BCUT2D eigenvalue weighted by atomic mass is 9.79. The average molecular weight is 348 g/mol. The van der Waals surface area contributed by atoms with Gasteiger partial charge >= 0.3 is 6.09 Å². The van der Waals surface area contributed by atoms with Crippen molar-refractivity contribution in [3.8, 4) is 0 Å². The van der Waals surface area contributed by atoms with Crippen LogP contribution in [0.2, 0.25) is 0 Å². The Labute approximate surface area is 149 Å². The average Bonchev–Trinajstić information content (AvgIpc) is 2.51. The lowest BCUT2D eigenvalue weighted by Crippen LogP contribution is -2.50. The molecule has 0 spiro atoms. The van der Waals surface area contributed by atoms with Crippen LogP contribution in [0.5, 0.6) is 0 Å². The first kappa shape index (κ1) is 19.2. The third-order valence-corrected chi connectivity index (χ3v) is 4.24. The molecule has 2 amide bonds. The second-order valence-electron chi connectivity index (χ2n) is 7.63. The van der Waals surface area contributed by atoms with Crippen LogP contribution in [0.25, 0.3) is 0 Å². The first-order valence-corrected chi connectivity index (χ1v) is 8.69. The molecule has 6 nitrogen and oxygen atoms in total. The molecule has 0 fully saturated rings. The number of hydrogen-bond donors (Lipinski definition) is 3. The summed E-state index contributed by atoms with van der Waals surface area (Å²) in [4.78, 5) is 24.0. The highest BCUT2D eigenvalue weighted by molar-refractivity contribution is 5.85. The van der Waals surface area contributed by atoms with Crippen LogP contribution in [-0.4, -0.2) is 35.3 Å². The smallest absolute Gasteiger partial charge is 0.408 e. The fraction of sp³-hybridized carbons (Fsp3) is 0.579.